The third-order valence-electron chi connectivity index (χ3n) is 2.76. The molecule has 1 amide bonds. The second kappa shape index (κ2) is 6.00. The van der Waals surface area contributed by atoms with Gasteiger partial charge in [0, 0.05) is 24.8 Å². The predicted molar refractivity (Wildman–Crippen MR) is 73.6 cm³/mol. The summed E-state index contributed by atoms with van der Waals surface area (Å²) in [5.74, 6) is -0.356. The van der Waals surface area contributed by atoms with Gasteiger partial charge in [0.25, 0.3) is 5.91 Å². The van der Waals surface area contributed by atoms with Crippen molar-refractivity contribution < 1.29 is 9.18 Å². The highest BCUT2D eigenvalue weighted by Crippen LogP contribution is 2.12. The van der Waals surface area contributed by atoms with Crippen molar-refractivity contribution in [1.29, 1.82) is 0 Å². The first kappa shape index (κ1) is 13.1. The maximum absolute atomic E-state index is 13.0. The molecule has 0 aliphatic heterocycles. The van der Waals surface area contributed by atoms with E-state index in [9.17, 15) is 9.18 Å². The molecule has 4 heteroatoms. The number of hydrogen-bond acceptors (Lipinski definition) is 2. The average molecular weight is 258 g/mol. The smallest absolute Gasteiger partial charge is 0.251 e. The Balaban J connectivity index is 1.98. The van der Waals surface area contributed by atoms with Crippen LogP contribution in [0, 0.1) is 5.82 Å². The lowest BCUT2D eigenvalue weighted by molar-refractivity contribution is 0.0963. The fourth-order valence-electron chi connectivity index (χ4n) is 1.73. The summed E-state index contributed by atoms with van der Waals surface area (Å²) in [5.41, 5.74) is 2.37. The summed E-state index contributed by atoms with van der Waals surface area (Å²) in [5, 5.41) is 5.74. The van der Waals surface area contributed by atoms with Crippen LogP contribution in [0.1, 0.15) is 15.9 Å². The molecule has 98 valence electrons. The molecule has 0 bridgehead atoms. The fraction of sp³-hybridized carbons (Fsp3) is 0.133. The van der Waals surface area contributed by atoms with Crippen LogP contribution in [0.5, 0.6) is 0 Å². The number of anilines is 1. The van der Waals surface area contributed by atoms with Gasteiger partial charge in [-0.05, 0) is 42.0 Å². The molecule has 0 aliphatic rings. The van der Waals surface area contributed by atoms with Gasteiger partial charge in [-0.25, -0.2) is 4.39 Å². The zero-order valence-electron chi connectivity index (χ0n) is 10.6. The van der Waals surface area contributed by atoms with Gasteiger partial charge < -0.3 is 10.6 Å². The van der Waals surface area contributed by atoms with E-state index in [1.54, 1.807) is 25.2 Å². The lowest BCUT2D eigenvalue weighted by Gasteiger charge is -2.07. The molecule has 0 aliphatic carbocycles. The first-order chi connectivity index (χ1) is 9.19. The summed E-state index contributed by atoms with van der Waals surface area (Å²) >= 11 is 0. The topological polar surface area (TPSA) is 41.1 Å². The molecule has 0 unspecified atom stereocenters. The average Bonchev–Trinajstić information content (AvgIpc) is 2.45. The van der Waals surface area contributed by atoms with Crippen LogP contribution in [0.2, 0.25) is 0 Å². The Bertz CT molecular complexity index is 567. The largest absolute Gasteiger partial charge is 0.381 e. The van der Waals surface area contributed by atoms with Crippen LogP contribution < -0.4 is 10.6 Å². The van der Waals surface area contributed by atoms with Crippen molar-refractivity contribution in [2.75, 3.05) is 12.4 Å². The molecule has 19 heavy (non-hydrogen) atoms. The molecule has 2 aromatic carbocycles. The summed E-state index contributed by atoms with van der Waals surface area (Å²) < 4.78 is 13.0. The quantitative estimate of drug-likeness (QED) is 0.885. The standard InChI is InChI=1S/C15H15FN2O/c1-17-15(19)12-5-7-14(8-6-12)18-10-11-3-2-4-13(16)9-11/h2-9,18H,10H2,1H3,(H,17,19). The van der Waals surface area contributed by atoms with Gasteiger partial charge in [0.1, 0.15) is 5.82 Å². The van der Waals surface area contributed by atoms with E-state index in [0.717, 1.165) is 11.3 Å². The molecule has 2 N–H and O–H groups in total. The van der Waals surface area contributed by atoms with Gasteiger partial charge in [-0.15, -0.1) is 0 Å². The number of hydrogen-bond donors (Lipinski definition) is 2. The van der Waals surface area contributed by atoms with E-state index in [1.807, 2.05) is 18.2 Å². The zero-order chi connectivity index (χ0) is 13.7. The molecule has 2 aromatic rings. The maximum atomic E-state index is 13.0. The van der Waals surface area contributed by atoms with Gasteiger partial charge in [-0.1, -0.05) is 12.1 Å². The monoisotopic (exact) mass is 258 g/mol. The van der Waals surface area contributed by atoms with E-state index >= 15 is 0 Å². The van der Waals surface area contributed by atoms with Crippen LogP contribution in [0.4, 0.5) is 10.1 Å². The molecule has 3 nitrogen and oxygen atoms in total. The number of benzene rings is 2. The Morgan fingerprint density at radius 3 is 2.53 bits per heavy atom. The zero-order valence-corrected chi connectivity index (χ0v) is 10.6. The van der Waals surface area contributed by atoms with Gasteiger partial charge in [0.15, 0.2) is 0 Å². The summed E-state index contributed by atoms with van der Waals surface area (Å²) in [7, 11) is 1.60. The molecular formula is C15H15FN2O. The van der Waals surface area contributed by atoms with Gasteiger partial charge in [-0.2, -0.15) is 0 Å². The van der Waals surface area contributed by atoms with Gasteiger partial charge in [0.05, 0.1) is 0 Å². The lowest BCUT2D eigenvalue weighted by Crippen LogP contribution is -2.17. The summed E-state index contributed by atoms with van der Waals surface area (Å²) in [6.45, 7) is 0.539. The second-order valence-corrected chi connectivity index (χ2v) is 4.14. The highest BCUT2D eigenvalue weighted by molar-refractivity contribution is 5.94. The molecule has 0 radical (unpaired) electrons. The Kier molecular flexibility index (Phi) is 4.13. The Hall–Kier alpha value is -2.36. The van der Waals surface area contributed by atoms with E-state index in [4.69, 9.17) is 0 Å². The fourth-order valence-corrected chi connectivity index (χ4v) is 1.73. The molecule has 0 spiro atoms. The predicted octanol–water partition coefficient (Wildman–Crippen LogP) is 2.80. The Morgan fingerprint density at radius 2 is 1.89 bits per heavy atom. The van der Waals surface area contributed by atoms with Crippen molar-refractivity contribution in [3.8, 4) is 0 Å². The normalized spacial score (nSPS) is 10.0. The molecule has 0 saturated carbocycles. The Labute approximate surface area is 111 Å². The number of halogens is 1. The number of rotatable bonds is 4. The van der Waals surface area contributed by atoms with E-state index in [2.05, 4.69) is 10.6 Å². The summed E-state index contributed by atoms with van der Waals surface area (Å²) in [6.07, 6.45) is 0. The van der Waals surface area contributed by atoms with Crippen molar-refractivity contribution in [3.05, 3.63) is 65.5 Å². The van der Waals surface area contributed by atoms with E-state index < -0.39 is 0 Å². The number of carbonyl (C=O) groups excluding carboxylic acids is 1. The second-order valence-electron chi connectivity index (χ2n) is 4.14. The first-order valence-corrected chi connectivity index (χ1v) is 5.99. The van der Waals surface area contributed by atoms with Crippen LogP contribution in [0.15, 0.2) is 48.5 Å². The third-order valence-corrected chi connectivity index (χ3v) is 2.76. The third kappa shape index (κ3) is 3.55. The van der Waals surface area contributed by atoms with E-state index in [0.29, 0.717) is 12.1 Å². The van der Waals surface area contributed by atoms with E-state index in [1.165, 1.54) is 12.1 Å². The highest BCUT2D eigenvalue weighted by atomic mass is 19.1. The van der Waals surface area contributed by atoms with Gasteiger partial charge in [-0.3, -0.25) is 4.79 Å². The Morgan fingerprint density at radius 1 is 1.16 bits per heavy atom. The van der Waals surface area contributed by atoms with Crippen LogP contribution in [-0.4, -0.2) is 13.0 Å². The van der Waals surface area contributed by atoms with Crippen molar-refractivity contribution in [2.24, 2.45) is 0 Å². The van der Waals surface area contributed by atoms with Crippen LogP contribution in [-0.2, 0) is 6.54 Å². The molecule has 2 rings (SSSR count). The van der Waals surface area contributed by atoms with Crippen LogP contribution in [0.25, 0.3) is 0 Å². The van der Waals surface area contributed by atoms with Gasteiger partial charge >= 0.3 is 0 Å². The molecular weight excluding hydrogens is 243 g/mol. The number of amides is 1. The summed E-state index contributed by atoms with van der Waals surface area (Å²) in [6, 6.07) is 13.6. The summed E-state index contributed by atoms with van der Waals surface area (Å²) in [4.78, 5) is 11.4. The van der Waals surface area contributed by atoms with Crippen LogP contribution in [0.3, 0.4) is 0 Å². The SMILES string of the molecule is CNC(=O)c1ccc(NCc2cccc(F)c2)cc1. The van der Waals surface area contributed by atoms with Gasteiger partial charge in [0.2, 0.25) is 0 Å². The molecule has 0 atom stereocenters. The van der Waals surface area contributed by atoms with Crippen molar-refractivity contribution >= 4 is 11.6 Å². The van der Waals surface area contributed by atoms with E-state index in [-0.39, 0.29) is 11.7 Å². The molecule has 0 fully saturated rings. The van der Waals surface area contributed by atoms with Crippen molar-refractivity contribution in [3.63, 3.8) is 0 Å². The lowest BCUT2D eigenvalue weighted by atomic mass is 10.2. The van der Waals surface area contributed by atoms with Crippen LogP contribution >= 0.6 is 0 Å². The first-order valence-electron chi connectivity index (χ1n) is 5.99. The van der Waals surface area contributed by atoms with Crippen molar-refractivity contribution in [1.82, 2.24) is 5.32 Å². The minimum absolute atomic E-state index is 0.114. The minimum atomic E-state index is -0.241. The molecule has 0 heterocycles. The number of carbonyl (C=O) groups is 1. The minimum Gasteiger partial charge on any atom is -0.381 e. The number of nitrogens with one attached hydrogen (secondary N) is 2. The highest BCUT2D eigenvalue weighted by Gasteiger charge is 2.02. The van der Waals surface area contributed by atoms with Crippen molar-refractivity contribution in [2.45, 2.75) is 6.54 Å². The molecule has 0 aromatic heterocycles. The molecule has 0 saturated heterocycles. The maximum Gasteiger partial charge on any atom is 0.251 e.